The fourth-order valence-corrected chi connectivity index (χ4v) is 2.92. The van der Waals surface area contributed by atoms with E-state index in [4.69, 9.17) is 10.5 Å². The second-order valence-corrected chi connectivity index (χ2v) is 7.27. The number of sulfone groups is 1. The molecule has 1 aliphatic heterocycles. The maximum Gasteiger partial charge on any atom is 0.501 e. The topological polar surface area (TPSA) is 89.6 Å². The zero-order valence-electron chi connectivity index (χ0n) is 11.6. The van der Waals surface area contributed by atoms with Gasteiger partial charge in [0.05, 0.1) is 10.9 Å². The van der Waals surface area contributed by atoms with E-state index in [0.717, 1.165) is 18.2 Å². The third-order valence-corrected chi connectivity index (χ3v) is 4.86. The fraction of sp³-hybridized carbons (Fsp3) is 0.500. The lowest BCUT2D eigenvalue weighted by atomic mass is 9.87. The molecule has 0 spiro atoms. The van der Waals surface area contributed by atoms with Crippen LogP contribution in [0.25, 0.3) is 0 Å². The first-order valence-electron chi connectivity index (χ1n) is 5.96. The molecule has 1 aromatic rings. The summed E-state index contributed by atoms with van der Waals surface area (Å²) >= 11 is 0. The van der Waals surface area contributed by atoms with Crippen LogP contribution in [0.1, 0.15) is 25.5 Å². The summed E-state index contributed by atoms with van der Waals surface area (Å²) in [5.41, 5.74) is -0.634. The molecule has 2 rings (SSSR count). The van der Waals surface area contributed by atoms with Crippen molar-refractivity contribution in [2.75, 3.05) is 0 Å². The molecular formula is C12H15ClF3NO4S. The van der Waals surface area contributed by atoms with Crippen LogP contribution in [0.2, 0.25) is 0 Å². The molecule has 0 aromatic heterocycles. The number of aliphatic hydroxyl groups is 1. The van der Waals surface area contributed by atoms with Crippen molar-refractivity contribution < 1.29 is 31.4 Å². The van der Waals surface area contributed by atoms with Crippen molar-refractivity contribution in [3.8, 4) is 5.75 Å². The van der Waals surface area contributed by atoms with E-state index in [1.165, 1.54) is 0 Å². The van der Waals surface area contributed by atoms with Gasteiger partial charge in [-0.2, -0.15) is 13.2 Å². The van der Waals surface area contributed by atoms with Crippen molar-refractivity contribution >= 4 is 22.2 Å². The molecule has 1 aromatic carbocycles. The first kappa shape index (κ1) is 19.0. The first-order chi connectivity index (χ1) is 9.38. The molecule has 0 fully saturated rings. The van der Waals surface area contributed by atoms with E-state index in [2.05, 4.69) is 0 Å². The van der Waals surface area contributed by atoms with Gasteiger partial charge in [0.2, 0.25) is 0 Å². The minimum Gasteiger partial charge on any atom is -0.485 e. The fourth-order valence-electron chi connectivity index (χ4n) is 2.13. The van der Waals surface area contributed by atoms with Crippen LogP contribution in [0.5, 0.6) is 5.75 Å². The molecule has 0 saturated heterocycles. The van der Waals surface area contributed by atoms with Gasteiger partial charge in [-0.25, -0.2) is 8.42 Å². The van der Waals surface area contributed by atoms with Gasteiger partial charge in [-0.3, -0.25) is 0 Å². The summed E-state index contributed by atoms with van der Waals surface area (Å²) in [5.74, 6) is 0.152. The Hall–Kier alpha value is -1.03. The van der Waals surface area contributed by atoms with Crippen LogP contribution in [0.3, 0.4) is 0 Å². The number of hydrogen-bond donors (Lipinski definition) is 2. The predicted molar refractivity (Wildman–Crippen MR) is 74.6 cm³/mol. The average molecular weight is 362 g/mol. The van der Waals surface area contributed by atoms with E-state index in [0.29, 0.717) is 0 Å². The average Bonchev–Trinajstić information content (AvgIpc) is 2.34. The number of rotatable bonds is 1. The third-order valence-electron chi connectivity index (χ3n) is 3.38. The Balaban J connectivity index is 0.00000242. The molecule has 0 bridgehead atoms. The SMILES string of the molecule is CC1(C)Oc2ccc(S(=O)(=O)C(F)(F)F)cc2[C@H](N)[C@H]1O.Cl. The Kier molecular flexibility index (Phi) is 4.80. The summed E-state index contributed by atoms with van der Waals surface area (Å²) < 4.78 is 65.9. The highest BCUT2D eigenvalue weighted by molar-refractivity contribution is 7.92. The van der Waals surface area contributed by atoms with Gasteiger partial charge in [-0.1, -0.05) is 0 Å². The predicted octanol–water partition coefficient (Wildman–Crippen LogP) is 1.93. The molecule has 2 atom stereocenters. The summed E-state index contributed by atoms with van der Waals surface area (Å²) in [4.78, 5) is -0.931. The number of ether oxygens (including phenoxy) is 1. The summed E-state index contributed by atoms with van der Waals surface area (Å²) in [5, 5.41) is 9.98. The molecule has 22 heavy (non-hydrogen) atoms. The Morgan fingerprint density at radius 1 is 1.32 bits per heavy atom. The van der Waals surface area contributed by atoms with E-state index in [1.54, 1.807) is 13.8 Å². The zero-order chi connectivity index (χ0) is 16.2. The van der Waals surface area contributed by atoms with Crippen molar-refractivity contribution in [1.82, 2.24) is 0 Å². The van der Waals surface area contributed by atoms with Crippen LogP contribution in [0.4, 0.5) is 13.2 Å². The number of alkyl halides is 3. The number of fused-ring (bicyclic) bond motifs is 1. The Labute approximate surface area is 131 Å². The van der Waals surface area contributed by atoms with Gasteiger partial charge in [-0.05, 0) is 32.0 Å². The molecule has 3 N–H and O–H groups in total. The highest BCUT2D eigenvalue weighted by Crippen LogP contribution is 2.41. The maximum absolute atomic E-state index is 12.5. The lowest BCUT2D eigenvalue weighted by molar-refractivity contribution is -0.0574. The van der Waals surface area contributed by atoms with Gasteiger partial charge in [-0.15, -0.1) is 12.4 Å². The smallest absolute Gasteiger partial charge is 0.485 e. The number of hydrogen-bond acceptors (Lipinski definition) is 5. The lowest BCUT2D eigenvalue weighted by Gasteiger charge is -2.40. The van der Waals surface area contributed by atoms with Gasteiger partial charge >= 0.3 is 5.51 Å². The van der Waals surface area contributed by atoms with Gasteiger partial charge in [0.25, 0.3) is 9.84 Å². The Morgan fingerprint density at radius 3 is 2.36 bits per heavy atom. The second-order valence-electron chi connectivity index (χ2n) is 5.32. The molecule has 0 radical (unpaired) electrons. The zero-order valence-corrected chi connectivity index (χ0v) is 13.2. The third kappa shape index (κ3) is 2.90. The van der Waals surface area contributed by atoms with Crippen molar-refractivity contribution in [2.45, 2.75) is 42.0 Å². The monoisotopic (exact) mass is 361 g/mol. The van der Waals surface area contributed by atoms with Crippen LogP contribution >= 0.6 is 12.4 Å². The molecule has 126 valence electrons. The van der Waals surface area contributed by atoms with Gasteiger partial charge in [0.1, 0.15) is 17.5 Å². The van der Waals surface area contributed by atoms with Gasteiger partial charge < -0.3 is 15.6 Å². The molecule has 1 aliphatic rings. The Morgan fingerprint density at radius 2 is 1.86 bits per heavy atom. The van der Waals surface area contributed by atoms with E-state index in [-0.39, 0.29) is 23.7 Å². The van der Waals surface area contributed by atoms with Crippen molar-refractivity contribution in [1.29, 1.82) is 0 Å². The largest absolute Gasteiger partial charge is 0.501 e. The minimum atomic E-state index is -5.47. The van der Waals surface area contributed by atoms with Crippen molar-refractivity contribution in [3.05, 3.63) is 23.8 Å². The van der Waals surface area contributed by atoms with Crippen LogP contribution in [0.15, 0.2) is 23.1 Å². The number of benzene rings is 1. The molecule has 10 heteroatoms. The van der Waals surface area contributed by atoms with Crippen LogP contribution in [-0.4, -0.2) is 30.7 Å². The maximum atomic E-state index is 12.5. The molecule has 0 amide bonds. The minimum absolute atomic E-state index is 0. The van der Waals surface area contributed by atoms with E-state index in [9.17, 15) is 26.7 Å². The summed E-state index contributed by atoms with van der Waals surface area (Å²) in [7, 11) is -5.47. The summed E-state index contributed by atoms with van der Waals surface area (Å²) in [6.07, 6.45) is -1.19. The van der Waals surface area contributed by atoms with E-state index >= 15 is 0 Å². The van der Waals surface area contributed by atoms with Gasteiger partial charge in [0.15, 0.2) is 0 Å². The standard InChI is InChI=1S/C12H14F3NO4S.ClH/c1-11(2)10(17)9(16)7-5-6(3-4-8(7)20-11)21(18,19)12(13,14)15;/h3-5,9-10,17H,16H2,1-2H3;1H/t9-,10+;/m0./s1. The molecule has 0 aliphatic carbocycles. The van der Waals surface area contributed by atoms with E-state index < -0.39 is 38.0 Å². The van der Waals surface area contributed by atoms with E-state index in [1.807, 2.05) is 0 Å². The lowest BCUT2D eigenvalue weighted by Crippen LogP contribution is -2.51. The molecule has 1 heterocycles. The molecule has 0 unspecified atom stereocenters. The number of nitrogens with two attached hydrogens (primary N) is 1. The van der Waals surface area contributed by atoms with Crippen LogP contribution in [0, 0.1) is 0 Å². The first-order valence-corrected chi connectivity index (χ1v) is 7.44. The second kappa shape index (κ2) is 5.55. The number of halogens is 4. The van der Waals surface area contributed by atoms with Crippen LogP contribution < -0.4 is 10.5 Å². The highest BCUT2D eigenvalue weighted by atomic mass is 35.5. The highest BCUT2D eigenvalue weighted by Gasteiger charge is 2.48. The van der Waals surface area contributed by atoms with Gasteiger partial charge in [0, 0.05) is 5.56 Å². The molecule has 5 nitrogen and oxygen atoms in total. The van der Waals surface area contributed by atoms with Crippen LogP contribution in [-0.2, 0) is 9.84 Å². The Bertz CT molecular complexity index is 675. The quantitative estimate of drug-likeness (QED) is 0.797. The normalized spacial score (nSPS) is 24.0. The van der Waals surface area contributed by atoms with Crippen molar-refractivity contribution in [3.63, 3.8) is 0 Å². The summed E-state index contributed by atoms with van der Waals surface area (Å²) in [6.45, 7) is 3.14. The molecule has 0 saturated carbocycles. The number of aliphatic hydroxyl groups excluding tert-OH is 1. The summed E-state index contributed by atoms with van der Waals surface area (Å²) in [6, 6.07) is 1.66. The molecular weight excluding hydrogens is 347 g/mol. The van der Waals surface area contributed by atoms with Crippen molar-refractivity contribution in [2.24, 2.45) is 5.73 Å².